The Balaban J connectivity index is 2.41. The maximum absolute atomic E-state index is 10.9. The molecule has 112 valence electrons. The monoisotopic (exact) mass is 278 g/mol. The van der Waals surface area contributed by atoms with Crippen LogP contribution in [-0.2, 0) is 6.54 Å². The van der Waals surface area contributed by atoms with Crippen molar-refractivity contribution < 1.29 is 9.90 Å². The maximum Gasteiger partial charge on any atom is 0.335 e. The van der Waals surface area contributed by atoms with Crippen LogP contribution < -0.4 is 5.32 Å². The Hall–Kier alpha value is -1.39. The number of rotatable bonds is 8. The minimum atomic E-state index is -0.877. The van der Waals surface area contributed by atoms with Gasteiger partial charge in [-0.15, -0.1) is 0 Å². The molecule has 0 aromatic heterocycles. The second-order valence-corrected chi connectivity index (χ2v) is 5.61. The van der Waals surface area contributed by atoms with E-state index in [4.69, 9.17) is 5.11 Å². The Morgan fingerprint density at radius 1 is 1.25 bits per heavy atom. The first-order chi connectivity index (χ1) is 9.41. The second kappa shape index (κ2) is 8.02. The number of nitrogens with zero attached hydrogens (tertiary/aromatic N) is 1. The van der Waals surface area contributed by atoms with Gasteiger partial charge in [-0.2, -0.15) is 0 Å². The Morgan fingerprint density at radius 2 is 1.90 bits per heavy atom. The highest BCUT2D eigenvalue weighted by atomic mass is 16.4. The lowest BCUT2D eigenvalue weighted by molar-refractivity contribution is 0.0696. The Kier molecular flexibility index (Phi) is 6.68. The topological polar surface area (TPSA) is 52.6 Å². The maximum atomic E-state index is 10.9. The zero-order chi connectivity index (χ0) is 15.1. The molecule has 0 unspecified atom stereocenters. The highest BCUT2D eigenvalue weighted by Crippen LogP contribution is 2.06. The lowest BCUT2D eigenvalue weighted by Gasteiger charge is -2.30. The molecule has 0 atom stereocenters. The third-order valence-electron chi connectivity index (χ3n) is 3.38. The van der Waals surface area contributed by atoms with Crippen molar-refractivity contribution in [1.82, 2.24) is 10.2 Å². The van der Waals surface area contributed by atoms with Crippen LogP contribution in [0.3, 0.4) is 0 Å². The normalized spacial score (nSPS) is 11.6. The summed E-state index contributed by atoms with van der Waals surface area (Å²) in [5.41, 5.74) is 1.35. The molecule has 1 aromatic rings. The van der Waals surface area contributed by atoms with Crippen LogP contribution in [-0.4, -0.2) is 41.1 Å². The van der Waals surface area contributed by atoms with E-state index in [1.54, 1.807) is 18.2 Å². The van der Waals surface area contributed by atoms with Crippen LogP contribution in [0.15, 0.2) is 24.3 Å². The molecule has 0 amide bonds. The van der Waals surface area contributed by atoms with E-state index in [-0.39, 0.29) is 0 Å². The summed E-state index contributed by atoms with van der Waals surface area (Å²) in [4.78, 5) is 13.3. The van der Waals surface area contributed by atoms with Gasteiger partial charge in [-0.1, -0.05) is 12.1 Å². The minimum absolute atomic E-state index is 0.343. The summed E-state index contributed by atoms with van der Waals surface area (Å²) in [7, 11) is 0. The molecule has 0 radical (unpaired) electrons. The highest BCUT2D eigenvalue weighted by molar-refractivity contribution is 5.87. The summed E-state index contributed by atoms with van der Waals surface area (Å²) in [6.45, 7) is 11.4. The number of hydrogen-bond acceptors (Lipinski definition) is 3. The molecule has 4 heteroatoms. The predicted molar refractivity (Wildman–Crippen MR) is 82.1 cm³/mol. The van der Waals surface area contributed by atoms with Crippen molar-refractivity contribution in [3.05, 3.63) is 35.4 Å². The first kappa shape index (κ1) is 16.7. The van der Waals surface area contributed by atoms with E-state index in [1.165, 1.54) is 0 Å². The van der Waals surface area contributed by atoms with E-state index in [0.717, 1.165) is 18.7 Å². The lowest BCUT2D eigenvalue weighted by atomic mass is 10.1. The van der Waals surface area contributed by atoms with Crippen molar-refractivity contribution in [2.45, 2.75) is 46.3 Å². The summed E-state index contributed by atoms with van der Waals surface area (Å²) < 4.78 is 0. The molecule has 4 nitrogen and oxygen atoms in total. The summed E-state index contributed by atoms with van der Waals surface area (Å²) >= 11 is 0. The van der Waals surface area contributed by atoms with Gasteiger partial charge in [-0.3, -0.25) is 4.90 Å². The number of carboxylic acids is 1. The number of aromatic carboxylic acids is 1. The summed E-state index contributed by atoms with van der Waals surface area (Å²) in [6, 6.07) is 8.14. The van der Waals surface area contributed by atoms with Crippen molar-refractivity contribution in [3.8, 4) is 0 Å². The zero-order valence-corrected chi connectivity index (χ0v) is 12.9. The smallest absolute Gasteiger partial charge is 0.335 e. The van der Waals surface area contributed by atoms with Gasteiger partial charge in [0.15, 0.2) is 0 Å². The van der Waals surface area contributed by atoms with E-state index in [0.29, 0.717) is 24.2 Å². The summed E-state index contributed by atoms with van der Waals surface area (Å²) in [5.74, 6) is -0.877. The molecule has 0 spiro atoms. The van der Waals surface area contributed by atoms with Crippen LogP contribution in [0.25, 0.3) is 0 Å². The average molecular weight is 278 g/mol. The molecule has 20 heavy (non-hydrogen) atoms. The van der Waals surface area contributed by atoms with Gasteiger partial charge in [0.1, 0.15) is 0 Å². The van der Waals surface area contributed by atoms with Crippen LogP contribution in [0, 0.1) is 0 Å². The molecule has 0 fully saturated rings. The van der Waals surface area contributed by atoms with Gasteiger partial charge in [0, 0.05) is 31.7 Å². The van der Waals surface area contributed by atoms with Crippen molar-refractivity contribution in [3.63, 3.8) is 0 Å². The first-order valence-electron chi connectivity index (χ1n) is 7.20. The summed E-state index contributed by atoms with van der Waals surface area (Å²) in [5, 5.41) is 12.3. The molecule has 1 rings (SSSR count). The molecule has 0 bridgehead atoms. The van der Waals surface area contributed by atoms with Crippen LogP contribution in [0.4, 0.5) is 0 Å². The van der Waals surface area contributed by atoms with E-state index >= 15 is 0 Å². The third kappa shape index (κ3) is 5.31. The zero-order valence-electron chi connectivity index (χ0n) is 12.9. The number of benzene rings is 1. The van der Waals surface area contributed by atoms with Crippen LogP contribution in [0.1, 0.15) is 43.6 Å². The summed E-state index contributed by atoms with van der Waals surface area (Å²) in [6.07, 6.45) is 0. The van der Waals surface area contributed by atoms with E-state index in [1.807, 2.05) is 6.07 Å². The van der Waals surface area contributed by atoms with Gasteiger partial charge >= 0.3 is 5.97 Å². The molecule has 1 aromatic carbocycles. The van der Waals surface area contributed by atoms with Crippen molar-refractivity contribution in [2.75, 3.05) is 13.1 Å². The largest absolute Gasteiger partial charge is 0.478 e. The first-order valence-corrected chi connectivity index (χ1v) is 7.20. The number of carboxylic acid groups (broad SMARTS) is 1. The number of nitrogens with one attached hydrogen (secondary N) is 1. The molecule has 0 heterocycles. The fourth-order valence-corrected chi connectivity index (χ4v) is 2.37. The van der Waals surface area contributed by atoms with Gasteiger partial charge in [0.2, 0.25) is 0 Å². The molecular formula is C16H26N2O2. The predicted octanol–water partition coefficient (Wildman–Crippen LogP) is 2.59. The minimum Gasteiger partial charge on any atom is -0.478 e. The molecular weight excluding hydrogens is 252 g/mol. The quantitative estimate of drug-likeness (QED) is 0.718. The average Bonchev–Trinajstić information content (AvgIpc) is 2.37. The molecule has 0 aliphatic rings. The van der Waals surface area contributed by atoms with Gasteiger partial charge in [0.25, 0.3) is 0 Å². The van der Waals surface area contributed by atoms with E-state index in [9.17, 15) is 4.79 Å². The SMILES string of the molecule is CC(C)N(CCNCc1cccc(C(=O)O)c1)C(C)C. The van der Waals surface area contributed by atoms with Crippen LogP contribution in [0.5, 0.6) is 0 Å². The Morgan fingerprint density at radius 3 is 2.45 bits per heavy atom. The number of hydrogen-bond donors (Lipinski definition) is 2. The second-order valence-electron chi connectivity index (χ2n) is 5.61. The molecule has 0 saturated heterocycles. The third-order valence-corrected chi connectivity index (χ3v) is 3.38. The van der Waals surface area contributed by atoms with Gasteiger partial charge < -0.3 is 10.4 Å². The lowest BCUT2D eigenvalue weighted by Crippen LogP contribution is -2.41. The van der Waals surface area contributed by atoms with Crippen molar-refractivity contribution >= 4 is 5.97 Å². The molecule has 0 saturated carbocycles. The Labute approximate surface area is 121 Å². The fourth-order valence-electron chi connectivity index (χ4n) is 2.37. The molecule has 0 aliphatic carbocycles. The van der Waals surface area contributed by atoms with Crippen molar-refractivity contribution in [1.29, 1.82) is 0 Å². The van der Waals surface area contributed by atoms with Gasteiger partial charge in [0.05, 0.1) is 5.56 Å². The molecule has 0 aliphatic heterocycles. The highest BCUT2D eigenvalue weighted by Gasteiger charge is 2.12. The van der Waals surface area contributed by atoms with Gasteiger partial charge in [-0.05, 0) is 45.4 Å². The van der Waals surface area contributed by atoms with Crippen LogP contribution in [0.2, 0.25) is 0 Å². The van der Waals surface area contributed by atoms with E-state index < -0.39 is 5.97 Å². The van der Waals surface area contributed by atoms with Crippen LogP contribution >= 0.6 is 0 Å². The van der Waals surface area contributed by atoms with Gasteiger partial charge in [-0.25, -0.2) is 4.79 Å². The molecule has 2 N–H and O–H groups in total. The van der Waals surface area contributed by atoms with E-state index in [2.05, 4.69) is 37.9 Å². The number of carbonyl (C=O) groups is 1. The standard InChI is InChI=1S/C16H26N2O2/c1-12(2)18(13(3)4)9-8-17-11-14-6-5-7-15(10-14)16(19)20/h5-7,10,12-13,17H,8-9,11H2,1-4H3,(H,19,20). The Bertz CT molecular complexity index is 422. The van der Waals surface area contributed by atoms with Crippen molar-refractivity contribution in [2.24, 2.45) is 0 Å². The fraction of sp³-hybridized carbons (Fsp3) is 0.562.